The van der Waals surface area contributed by atoms with Crippen molar-refractivity contribution in [2.45, 2.75) is 27.7 Å². The van der Waals surface area contributed by atoms with Crippen LogP contribution < -0.4 is 0 Å². The predicted molar refractivity (Wildman–Crippen MR) is 213 cm³/mol. The molecule has 7 aromatic carbocycles. The molecule has 0 saturated carbocycles. The second-order valence-electron chi connectivity index (χ2n) is 13.9. The number of nitrogens with zero attached hydrogens (tertiary/aromatic N) is 2. The van der Waals surface area contributed by atoms with Crippen molar-refractivity contribution in [3.63, 3.8) is 0 Å². The highest BCUT2D eigenvalue weighted by Gasteiger charge is 2.11. The van der Waals surface area contributed by atoms with Gasteiger partial charge in [-0.2, -0.15) is 0 Å². The topological polar surface area (TPSA) is 25.8 Å². The number of benzene rings is 7. The van der Waals surface area contributed by atoms with Crippen LogP contribution in [0.4, 0.5) is 0 Å². The van der Waals surface area contributed by atoms with Crippen molar-refractivity contribution in [2.75, 3.05) is 0 Å². The Hall–Kier alpha value is -6.12. The van der Waals surface area contributed by atoms with Gasteiger partial charge in [0.2, 0.25) is 0 Å². The fourth-order valence-corrected chi connectivity index (χ4v) is 7.59. The van der Waals surface area contributed by atoms with E-state index >= 15 is 0 Å². The molecule has 9 rings (SSSR count). The van der Waals surface area contributed by atoms with Gasteiger partial charge in [-0.1, -0.05) is 144 Å². The third kappa shape index (κ3) is 5.40. The average Bonchev–Trinajstić information content (AvgIpc) is 3.13. The van der Waals surface area contributed by atoms with Crippen molar-refractivity contribution in [1.82, 2.24) is 9.97 Å². The lowest BCUT2D eigenvalue weighted by Crippen LogP contribution is -1.90. The smallest absolute Gasteiger partial charge is 0.0788 e. The zero-order valence-electron chi connectivity index (χ0n) is 28.8. The Bertz CT molecular complexity index is 2560. The summed E-state index contributed by atoms with van der Waals surface area (Å²) in [5.41, 5.74) is 16.2. The van der Waals surface area contributed by atoms with Crippen molar-refractivity contribution in [3.8, 4) is 44.8 Å². The van der Waals surface area contributed by atoms with Crippen molar-refractivity contribution in [1.29, 1.82) is 0 Å². The molecule has 2 aromatic heterocycles. The fraction of sp³-hybridized carbons (Fsp3) is 0.0833. The van der Waals surface area contributed by atoms with Crippen LogP contribution in [0.5, 0.6) is 0 Å². The second kappa shape index (κ2) is 11.8. The number of hydrogen-bond acceptors (Lipinski definition) is 2. The summed E-state index contributed by atoms with van der Waals surface area (Å²) in [7, 11) is 0. The van der Waals surface area contributed by atoms with Crippen LogP contribution >= 0.6 is 0 Å². The lowest BCUT2D eigenvalue weighted by molar-refractivity contribution is 1.38. The van der Waals surface area contributed by atoms with Crippen molar-refractivity contribution in [2.24, 2.45) is 0 Å². The minimum atomic E-state index is 0.963. The zero-order chi connectivity index (χ0) is 33.9. The number of aromatic nitrogens is 2. The van der Waals surface area contributed by atoms with Crippen LogP contribution in [0.15, 0.2) is 146 Å². The molecule has 0 saturated heterocycles. The number of pyridine rings is 2. The molecule has 0 unspecified atom stereocenters. The molecule has 2 heterocycles. The van der Waals surface area contributed by atoms with Crippen LogP contribution in [0.1, 0.15) is 22.3 Å². The molecule has 0 radical (unpaired) electrons. The Labute approximate surface area is 292 Å². The first kappa shape index (κ1) is 30.0. The lowest BCUT2D eigenvalue weighted by Gasteiger charge is -2.11. The van der Waals surface area contributed by atoms with Crippen LogP contribution in [-0.2, 0) is 0 Å². The van der Waals surface area contributed by atoms with Gasteiger partial charge in [0.25, 0.3) is 0 Å². The fourth-order valence-electron chi connectivity index (χ4n) is 7.59. The molecule has 0 bridgehead atoms. The van der Waals surface area contributed by atoms with Gasteiger partial charge in [-0.3, -0.25) is 0 Å². The highest BCUT2D eigenvalue weighted by atomic mass is 14.7. The number of aryl methyl sites for hydroxylation is 4. The molecule has 50 heavy (non-hydrogen) atoms. The van der Waals surface area contributed by atoms with Crippen LogP contribution in [0.25, 0.3) is 88.1 Å². The van der Waals surface area contributed by atoms with Gasteiger partial charge in [0.15, 0.2) is 0 Å². The molecule has 0 fully saturated rings. The maximum Gasteiger partial charge on any atom is 0.0788 e. The number of rotatable bonds is 4. The summed E-state index contributed by atoms with van der Waals surface area (Å²) in [5, 5.41) is 7.02. The third-order valence-electron chi connectivity index (χ3n) is 9.94. The first-order chi connectivity index (χ1) is 24.3. The summed E-state index contributed by atoms with van der Waals surface area (Å²) in [5.74, 6) is 0. The van der Waals surface area contributed by atoms with Gasteiger partial charge >= 0.3 is 0 Å². The first-order valence-electron chi connectivity index (χ1n) is 17.3. The molecule has 0 aliphatic rings. The molecule has 9 aromatic rings. The number of hydrogen-bond donors (Lipinski definition) is 0. The molecule has 238 valence electrons. The first-order valence-corrected chi connectivity index (χ1v) is 17.3. The average molecular weight is 641 g/mol. The quantitative estimate of drug-likeness (QED) is 0.179. The van der Waals surface area contributed by atoms with E-state index in [1.54, 1.807) is 0 Å². The van der Waals surface area contributed by atoms with Gasteiger partial charge < -0.3 is 0 Å². The molecule has 0 atom stereocenters. The van der Waals surface area contributed by atoms with Crippen LogP contribution in [0.3, 0.4) is 0 Å². The number of fused-ring (bicyclic) bond motifs is 6. The monoisotopic (exact) mass is 640 g/mol. The highest BCUT2D eigenvalue weighted by Crippen LogP contribution is 2.34. The standard InChI is InChI=1S/C48H36N2/c1-29-21-30(2)24-41(23-29)39-15-7-33-5-13-37-17-19-45(49-47(37)43(33)27-39)35-9-11-36(12-10-35)46-20-18-38-14-6-34-8-16-40(28-44(34)48(38)50-46)42-25-31(3)22-32(4)26-42/h5-28H,1-4H3. The zero-order valence-corrected chi connectivity index (χ0v) is 28.8. The van der Waals surface area contributed by atoms with Crippen molar-refractivity contribution >= 4 is 43.4 Å². The van der Waals surface area contributed by atoms with E-state index in [-0.39, 0.29) is 0 Å². The SMILES string of the molecule is Cc1cc(C)cc(-c2ccc3ccc4ccc(-c5ccc(-c6ccc7ccc8ccc(-c9cc(C)cc(C)c9)cc8c7n6)cc5)nc4c3c2)c1. The van der Waals surface area contributed by atoms with Gasteiger partial charge in [0, 0.05) is 32.7 Å². The van der Waals surface area contributed by atoms with E-state index in [1.807, 2.05) is 0 Å². The summed E-state index contributed by atoms with van der Waals surface area (Å²) < 4.78 is 0. The van der Waals surface area contributed by atoms with E-state index in [0.717, 1.165) is 44.3 Å². The maximum absolute atomic E-state index is 5.25. The summed E-state index contributed by atoms with van der Waals surface area (Å²) in [6.07, 6.45) is 0. The minimum Gasteiger partial charge on any atom is -0.247 e. The normalized spacial score (nSPS) is 11.6. The van der Waals surface area contributed by atoms with Crippen LogP contribution in [-0.4, -0.2) is 9.97 Å². The molecule has 0 aliphatic carbocycles. The Kier molecular flexibility index (Phi) is 7.07. The summed E-state index contributed by atoms with van der Waals surface area (Å²) in [4.78, 5) is 10.5. The van der Waals surface area contributed by atoms with Crippen molar-refractivity contribution < 1.29 is 0 Å². The van der Waals surface area contributed by atoms with Gasteiger partial charge in [0.1, 0.15) is 0 Å². The van der Waals surface area contributed by atoms with E-state index in [1.165, 1.54) is 66.1 Å². The molecular formula is C48H36N2. The molecule has 2 nitrogen and oxygen atoms in total. The third-order valence-corrected chi connectivity index (χ3v) is 9.94. The maximum atomic E-state index is 5.25. The van der Waals surface area contributed by atoms with E-state index in [9.17, 15) is 0 Å². The predicted octanol–water partition coefficient (Wildman–Crippen LogP) is 13.0. The van der Waals surface area contributed by atoms with Crippen LogP contribution in [0, 0.1) is 27.7 Å². The molecular weight excluding hydrogens is 605 g/mol. The van der Waals surface area contributed by atoms with Gasteiger partial charge in [-0.25, -0.2) is 9.97 Å². The summed E-state index contributed by atoms with van der Waals surface area (Å²) in [6, 6.07) is 53.0. The summed E-state index contributed by atoms with van der Waals surface area (Å²) >= 11 is 0. The van der Waals surface area contributed by atoms with E-state index in [2.05, 4.69) is 173 Å². The van der Waals surface area contributed by atoms with Gasteiger partial charge in [0.05, 0.1) is 22.4 Å². The Morgan fingerprint density at radius 1 is 0.280 bits per heavy atom. The summed E-state index contributed by atoms with van der Waals surface area (Å²) in [6.45, 7) is 8.64. The van der Waals surface area contributed by atoms with E-state index in [0.29, 0.717) is 0 Å². The molecule has 0 spiro atoms. The highest BCUT2D eigenvalue weighted by molar-refractivity contribution is 6.08. The second-order valence-corrected chi connectivity index (χ2v) is 13.9. The van der Waals surface area contributed by atoms with Crippen LogP contribution in [0.2, 0.25) is 0 Å². The Morgan fingerprint density at radius 3 is 1.00 bits per heavy atom. The van der Waals surface area contributed by atoms with Gasteiger partial charge in [-0.05, 0) is 85.0 Å². The van der Waals surface area contributed by atoms with Gasteiger partial charge in [-0.15, -0.1) is 0 Å². The molecule has 0 N–H and O–H groups in total. The lowest BCUT2D eigenvalue weighted by atomic mass is 9.96. The van der Waals surface area contributed by atoms with E-state index < -0.39 is 0 Å². The minimum absolute atomic E-state index is 0.963. The molecule has 2 heteroatoms. The molecule has 0 amide bonds. The molecule has 0 aliphatic heterocycles. The largest absolute Gasteiger partial charge is 0.247 e. The van der Waals surface area contributed by atoms with Crippen molar-refractivity contribution in [3.05, 3.63) is 168 Å². The Balaban J connectivity index is 1.09. The van der Waals surface area contributed by atoms with E-state index in [4.69, 9.17) is 9.97 Å². The Morgan fingerprint density at radius 2 is 0.600 bits per heavy atom.